The van der Waals surface area contributed by atoms with Gasteiger partial charge in [-0.2, -0.15) is 8.42 Å². The molecule has 0 unspecified atom stereocenters. The van der Waals surface area contributed by atoms with Crippen molar-refractivity contribution in [3.05, 3.63) is 12.2 Å². The number of ketones is 2. The van der Waals surface area contributed by atoms with Crippen molar-refractivity contribution < 1.29 is 31.5 Å². The zero-order chi connectivity index (χ0) is 31.0. The van der Waals surface area contributed by atoms with E-state index in [0.717, 1.165) is 12.8 Å². The molecule has 1 amide bonds. The van der Waals surface area contributed by atoms with E-state index in [1.807, 2.05) is 46.8 Å². The van der Waals surface area contributed by atoms with Crippen molar-refractivity contribution >= 4 is 27.9 Å². The van der Waals surface area contributed by atoms with Gasteiger partial charge < -0.3 is 10.6 Å². The number of nitrogens with one attached hydrogen (secondary N) is 2. The van der Waals surface area contributed by atoms with Crippen LogP contribution in [0.5, 0.6) is 0 Å². The number of hydrogen-bond acceptors (Lipinski definition) is 8. The van der Waals surface area contributed by atoms with Crippen LogP contribution >= 0.6 is 0 Å². The van der Waals surface area contributed by atoms with Gasteiger partial charge in [0.1, 0.15) is 6.10 Å². The summed E-state index contributed by atoms with van der Waals surface area (Å²) in [6, 6.07) is -1.72. The molecule has 0 aromatic carbocycles. The average Bonchev–Trinajstić information content (AvgIpc) is 2.84. The summed E-state index contributed by atoms with van der Waals surface area (Å²) in [4.78, 5) is 40.4. The van der Waals surface area contributed by atoms with E-state index in [4.69, 9.17) is 4.18 Å². The fraction of sp³-hybridized carbons (Fsp3) is 0.828. The van der Waals surface area contributed by atoms with E-state index in [1.165, 1.54) is 0 Å². The summed E-state index contributed by atoms with van der Waals surface area (Å²) in [7, 11) is 0.369. The lowest BCUT2D eigenvalue weighted by atomic mass is 9.89. The predicted octanol–water partition coefficient (Wildman–Crippen LogP) is 3.96. The van der Waals surface area contributed by atoms with E-state index >= 15 is 0 Å². The summed E-state index contributed by atoms with van der Waals surface area (Å²) in [6.07, 6.45) is 7.14. The molecule has 0 aromatic rings. The van der Waals surface area contributed by atoms with Crippen LogP contribution in [-0.2, 0) is 29.0 Å². The summed E-state index contributed by atoms with van der Waals surface area (Å²) >= 11 is 0. The first-order valence-electron chi connectivity index (χ1n) is 14.5. The third kappa shape index (κ3) is 15.4. The van der Waals surface area contributed by atoms with Crippen molar-refractivity contribution in [3.8, 4) is 0 Å². The van der Waals surface area contributed by atoms with Crippen LogP contribution in [-0.4, -0.2) is 80.7 Å². The second kappa shape index (κ2) is 19.5. The van der Waals surface area contributed by atoms with E-state index in [9.17, 15) is 27.4 Å². The van der Waals surface area contributed by atoms with Gasteiger partial charge in [0.05, 0.1) is 18.1 Å². The van der Waals surface area contributed by atoms with Crippen molar-refractivity contribution in [2.24, 2.45) is 17.8 Å². The molecule has 0 saturated carbocycles. The third-order valence-corrected chi connectivity index (χ3v) is 7.48. The zero-order valence-electron chi connectivity index (χ0n) is 26.1. The number of allylic oxidation sites excluding steroid dienone is 2. The smallest absolute Gasteiger partial charge is 0.345 e. The molecular weight excluding hydrogens is 534 g/mol. The summed E-state index contributed by atoms with van der Waals surface area (Å²) in [5.74, 6) is -0.324. The van der Waals surface area contributed by atoms with Gasteiger partial charge in [-0.15, -0.1) is 0 Å². The van der Waals surface area contributed by atoms with Gasteiger partial charge in [0, 0.05) is 12.8 Å². The quantitative estimate of drug-likeness (QED) is 0.0971. The highest BCUT2D eigenvalue weighted by Crippen LogP contribution is 2.23. The molecule has 40 heavy (non-hydrogen) atoms. The minimum absolute atomic E-state index is 0.00631. The number of Topliss-reactive ketones (excluding diaryl/α,β-unsaturated/α-hetero) is 2. The number of nitrogens with zero attached hydrogens (tertiary/aromatic N) is 1. The van der Waals surface area contributed by atoms with Gasteiger partial charge in [-0.05, 0) is 71.5 Å². The molecule has 0 rings (SSSR count). The van der Waals surface area contributed by atoms with Gasteiger partial charge >= 0.3 is 10.4 Å². The average molecular weight is 590 g/mol. The Morgan fingerprint density at radius 1 is 0.950 bits per heavy atom. The van der Waals surface area contributed by atoms with E-state index in [2.05, 4.69) is 10.6 Å². The lowest BCUT2D eigenvalue weighted by Crippen LogP contribution is -2.51. The van der Waals surface area contributed by atoms with Gasteiger partial charge in [-0.1, -0.05) is 59.6 Å². The number of carbonyl (C=O) groups is 3. The van der Waals surface area contributed by atoms with Crippen LogP contribution in [0.3, 0.4) is 0 Å². The van der Waals surface area contributed by atoms with Gasteiger partial charge in [-0.3, -0.25) is 23.8 Å². The van der Waals surface area contributed by atoms with Gasteiger partial charge in [-0.25, -0.2) is 4.18 Å². The Morgan fingerprint density at radius 3 is 1.93 bits per heavy atom. The Kier molecular flexibility index (Phi) is 18.7. The van der Waals surface area contributed by atoms with Crippen LogP contribution < -0.4 is 10.6 Å². The number of carbonyl (C=O) groups excluding carboxylic acids is 3. The molecule has 5 atom stereocenters. The second-order valence-corrected chi connectivity index (χ2v) is 12.8. The van der Waals surface area contributed by atoms with Crippen LogP contribution in [0.1, 0.15) is 92.9 Å². The summed E-state index contributed by atoms with van der Waals surface area (Å²) in [5, 5.41) is 5.97. The maximum absolute atomic E-state index is 13.1. The van der Waals surface area contributed by atoms with Crippen molar-refractivity contribution in [1.82, 2.24) is 15.5 Å². The Balaban J connectivity index is 4.95. The SMILES string of the molecule is C/C=C/C[C@@H](C)[C@H](OS(=O)(=O)O)[C@H](C(=O)CCCCCCC(=O)[C@@H](NC(=O)[C@H](CC(C)C)NC)C(C)C)N(C)C. The Labute approximate surface area is 243 Å². The first kappa shape index (κ1) is 38.3. The minimum Gasteiger partial charge on any atom is -0.345 e. The fourth-order valence-corrected chi connectivity index (χ4v) is 5.38. The largest absolute Gasteiger partial charge is 0.397 e. The maximum atomic E-state index is 13.1. The highest BCUT2D eigenvalue weighted by atomic mass is 32.3. The molecular formula is C29H55N3O7S. The van der Waals surface area contributed by atoms with Gasteiger partial charge in [0.25, 0.3) is 0 Å². The number of likely N-dealkylation sites (N-methyl/N-ethyl adjacent to an activating group) is 2. The minimum atomic E-state index is -4.74. The molecule has 10 nitrogen and oxygen atoms in total. The van der Waals surface area contributed by atoms with Crippen LogP contribution in [0, 0.1) is 17.8 Å². The van der Waals surface area contributed by atoms with Gasteiger partial charge in [0.2, 0.25) is 5.91 Å². The number of unbranched alkanes of at least 4 members (excludes halogenated alkanes) is 3. The monoisotopic (exact) mass is 589 g/mol. The van der Waals surface area contributed by atoms with Crippen LogP contribution in [0.2, 0.25) is 0 Å². The third-order valence-electron chi connectivity index (χ3n) is 7.01. The number of amides is 1. The lowest BCUT2D eigenvalue weighted by Gasteiger charge is -2.33. The topological polar surface area (TPSA) is 142 Å². The summed E-state index contributed by atoms with van der Waals surface area (Å²) in [6.45, 7) is 11.6. The molecule has 0 fully saturated rings. The van der Waals surface area contributed by atoms with Gasteiger partial charge in [0.15, 0.2) is 11.6 Å². The fourth-order valence-electron chi connectivity index (χ4n) is 4.80. The van der Waals surface area contributed by atoms with Crippen molar-refractivity contribution in [1.29, 1.82) is 0 Å². The van der Waals surface area contributed by atoms with Crippen molar-refractivity contribution in [3.63, 3.8) is 0 Å². The molecule has 0 bridgehead atoms. The number of rotatable bonds is 22. The molecule has 11 heteroatoms. The maximum Gasteiger partial charge on any atom is 0.397 e. The molecule has 0 aromatic heterocycles. The lowest BCUT2D eigenvalue weighted by molar-refractivity contribution is -0.130. The van der Waals surface area contributed by atoms with E-state index in [-0.39, 0.29) is 41.8 Å². The summed E-state index contributed by atoms with van der Waals surface area (Å²) in [5.41, 5.74) is 0. The number of hydrogen-bond donors (Lipinski definition) is 3. The van der Waals surface area contributed by atoms with Crippen LogP contribution in [0.15, 0.2) is 12.2 Å². The molecule has 234 valence electrons. The normalized spacial score (nSPS) is 16.3. The van der Waals surface area contributed by atoms with E-state index < -0.39 is 28.6 Å². The Bertz CT molecular complexity index is 903. The van der Waals surface area contributed by atoms with E-state index in [0.29, 0.717) is 38.0 Å². The zero-order valence-corrected chi connectivity index (χ0v) is 26.9. The van der Waals surface area contributed by atoms with Crippen LogP contribution in [0.4, 0.5) is 0 Å². The first-order valence-corrected chi connectivity index (χ1v) is 15.9. The van der Waals surface area contributed by atoms with Crippen molar-refractivity contribution in [2.75, 3.05) is 21.1 Å². The Morgan fingerprint density at radius 2 is 1.50 bits per heavy atom. The molecule has 0 radical (unpaired) electrons. The van der Waals surface area contributed by atoms with E-state index in [1.54, 1.807) is 33.0 Å². The van der Waals surface area contributed by atoms with Crippen LogP contribution in [0.25, 0.3) is 0 Å². The Hall–Kier alpha value is -1.66. The second-order valence-electron chi connectivity index (χ2n) is 11.7. The molecule has 0 aliphatic heterocycles. The molecule has 0 aliphatic carbocycles. The molecule has 0 saturated heterocycles. The highest BCUT2D eigenvalue weighted by molar-refractivity contribution is 7.80. The molecule has 0 spiro atoms. The first-order chi connectivity index (χ1) is 18.5. The molecule has 0 aliphatic rings. The highest BCUT2D eigenvalue weighted by Gasteiger charge is 2.37. The van der Waals surface area contributed by atoms with Crippen molar-refractivity contribution in [2.45, 2.75) is 117 Å². The molecule has 0 heterocycles. The summed E-state index contributed by atoms with van der Waals surface area (Å²) < 4.78 is 37.4. The predicted molar refractivity (Wildman–Crippen MR) is 159 cm³/mol. The standard InChI is InChI=1S/C29H55N3O7S/c1-10-11-16-22(6)28(39-40(36,37)38)27(32(8)9)25(34)18-15-13-12-14-17-24(33)26(21(4)5)31-29(35)23(30-7)19-20(2)3/h10-11,20-23,26-28,30H,12-19H2,1-9H3,(H,31,35)(H,36,37,38)/b11-10+/t22-,23+,26+,27+,28+/m1/s1. The molecule has 3 N–H and O–H groups in total.